The summed E-state index contributed by atoms with van der Waals surface area (Å²) < 4.78 is 11.1. The summed E-state index contributed by atoms with van der Waals surface area (Å²) >= 11 is 0. The van der Waals surface area contributed by atoms with Gasteiger partial charge in [0.25, 0.3) is 5.91 Å². The van der Waals surface area contributed by atoms with E-state index < -0.39 is 5.60 Å². The second-order valence-corrected chi connectivity index (χ2v) is 10.9. The molecule has 0 radical (unpaired) electrons. The van der Waals surface area contributed by atoms with E-state index in [-0.39, 0.29) is 29.4 Å². The summed E-state index contributed by atoms with van der Waals surface area (Å²) in [4.78, 5) is 39.4. The monoisotopic (exact) mass is 523 g/mol. The van der Waals surface area contributed by atoms with Gasteiger partial charge in [-0.3, -0.25) is 9.59 Å². The molecule has 0 spiro atoms. The van der Waals surface area contributed by atoms with Gasteiger partial charge >= 0.3 is 6.09 Å². The van der Waals surface area contributed by atoms with Gasteiger partial charge in [-0.1, -0.05) is 42.5 Å². The van der Waals surface area contributed by atoms with Crippen LogP contribution < -0.4 is 15.4 Å². The van der Waals surface area contributed by atoms with Gasteiger partial charge in [0.15, 0.2) is 0 Å². The van der Waals surface area contributed by atoms with Crippen LogP contribution in [-0.4, -0.2) is 61.2 Å². The highest BCUT2D eigenvalue weighted by Crippen LogP contribution is 2.41. The van der Waals surface area contributed by atoms with Gasteiger partial charge in [-0.2, -0.15) is 0 Å². The van der Waals surface area contributed by atoms with Crippen LogP contribution in [0.4, 0.5) is 4.79 Å². The molecule has 0 unspecified atom stereocenters. The Balaban J connectivity index is 1.77. The number of carbonyl (C=O) groups excluding carboxylic acids is 3. The zero-order valence-corrected chi connectivity index (χ0v) is 23.2. The van der Waals surface area contributed by atoms with Crippen LogP contribution in [0.25, 0.3) is 0 Å². The van der Waals surface area contributed by atoms with E-state index in [0.29, 0.717) is 30.9 Å². The third-order valence-electron chi connectivity index (χ3n) is 7.03. The Morgan fingerprint density at radius 1 is 0.974 bits per heavy atom. The van der Waals surface area contributed by atoms with Crippen LogP contribution in [-0.2, 0) is 14.9 Å². The fraction of sp³-hybridized carbons (Fsp3) is 0.500. The lowest BCUT2D eigenvalue weighted by molar-refractivity contribution is -0.119. The van der Waals surface area contributed by atoms with Gasteiger partial charge in [0.05, 0.1) is 12.7 Å². The number of methoxy groups -OCH3 is 1. The van der Waals surface area contributed by atoms with Crippen molar-refractivity contribution in [3.8, 4) is 5.75 Å². The van der Waals surface area contributed by atoms with Crippen molar-refractivity contribution in [2.24, 2.45) is 0 Å². The normalized spacial score (nSPS) is 19.2. The van der Waals surface area contributed by atoms with Crippen LogP contribution in [0.1, 0.15) is 69.3 Å². The smallest absolute Gasteiger partial charge is 0.410 e. The SMILES string of the molecule is COc1ccccc1C(=O)NC[C@]1(c2ccccc2)CC[C@@H](N(CCNC(C)=O)C(=O)OC(C)(C)C)CC1. The molecule has 1 aliphatic carbocycles. The zero-order chi connectivity index (χ0) is 27.8. The topological polar surface area (TPSA) is 97.0 Å². The van der Waals surface area contributed by atoms with Gasteiger partial charge in [0, 0.05) is 38.0 Å². The number of amides is 3. The highest BCUT2D eigenvalue weighted by atomic mass is 16.6. The molecule has 8 heteroatoms. The number of hydrogen-bond donors (Lipinski definition) is 2. The fourth-order valence-corrected chi connectivity index (χ4v) is 5.10. The first kappa shape index (κ1) is 29.0. The Morgan fingerprint density at radius 2 is 1.61 bits per heavy atom. The highest BCUT2D eigenvalue weighted by Gasteiger charge is 2.40. The van der Waals surface area contributed by atoms with Crippen LogP contribution in [0, 0.1) is 0 Å². The predicted molar refractivity (Wildman–Crippen MR) is 147 cm³/mol. The van der Waals surface area contributed by atoms with Crippen molar-refractivity contribution in [2.75, 3.05) is 26.7 Å². The number of rotatable bonds is 9. The van der Waals surface area contributed by atoms with Crippen LogP contribution in [0.2, 0.25) is 0 Å². The van der Waals surface area contributed by atoms with Crippen molar-refractivity contribution >= 4 is 17.9 Å². The molecule has 38 heavy (non-hydrogen) atoms. The molecule has 0 atom stereocenters. The van der Waals surface area contributed by atoms with Crippen molar-refractivity contribution in [2.45, 2.75) is 70.4 Å². The van der Waals surface area contributed by atoms with Crippen molar-refractivity contribution in [3.63, 3.8) is 0 Å². The Hall–Kier alpha value is -3.55. The summed E-state index contributed by atoms with van der Waals surface area (Å²) in [6.45, 7) is 8.23. The lowest BCUT2D eigenvalue weighted by Gasteiger charge is -2.44. The minimum Gasteiger partial charge on any atom is -0.496 e. The minimum atomic E-state index is -0.616. The fourth-order valence-electron chi connectivity index (χ4n) is 5.10. The molecule has 0 bridgehead atoms. The number of hydrogen-bond acceptors (Lipinski definition) is 5. The molecule has 3 rings (SSSR count). The molecular formula is C30H41N3O5. The van der Waals surface area contributed by atoms with E-state index >= 15 is 0 Å². The molecule has 206 valence electrons. The van der Waals surface area contributed by atoms with Crippen molar-refractivity contribution in [1.82, 2.24) is 15.5 Å². The number of carbonyl (C=O) groups is 3. The first-order valence-corrected chi connectivity index (χ1v) is 13.3. The third-order valence-corrected chi connectivity index (χ3v) is 7.03. The molecule has 0 aromatic heterocycles. The second kappa shape index (κ2) is 12.8. The summed E-state index contributed by atoms with van der Waals surface area (Å²) in [6, 6.07) is 17.4. The van der Waals surface area contributed by atoms with Gasteiger partial charge in [-0.15, -0.1) is 0 Å². The van der Waals surface area contributed by atoms with Gasteiger partial charge in [-0.05, 0) is 64.2 Å². The lowest BCUT2D eigenvalue weighted by Crippen LogP contribution is -2.51. The Kier molecular flexibility index (Phi) is 9.78. The molecule has 1 aliphatic rings. The molecule has 2 aromatic carbocycles. The lowest BCUT2D eigenvalue weighted by atomic mass is 9.68. The van der Waals surface area contributed by atoms with E-state index in [1.807, 2.05) is 51.1 Å². The number of nitrogens with one attached hydrogen (secondary N) is 2. The molecule has 3 amide bonds. The summed E-state index contributed by atoms with van der Waals surface area (Å²) in [7, 11) is 1.56. The minimum absolute atomic E-state index is 0.0274. The summed E-state index contributed by atoms with van der Waals surface area (Å²) in [6.07, 6.45) is 2.70. The van der Waals surface area contributed by atoms with E-state index in [9.17, 15) is 14.4 Å². The maximum Gasteiger partial charge on any atom is 0.410 e. The van der Waals surface area contributed by atoms with E-state index in [1.165, 1.54) is 12.5 Å². The van der Waals surface area contributed by atoms with Crippen molar-refractivity contribution < 1.29 is 23.9 Å². The maximum absolute atomic E-state index is 13.1. The summed E-state index contributed by atoms with van der Waals surface area (Å²) in [5, 5.41) is 5.94. The number of nitrogens with zero attached hydrogens (tertiary/aromatic N) is 1. The molecule has 0 aliphatic heterocycles. The third kappa shape index (κ3) is 7.73. The van der Waals surface area contributed by atoms with E-state index in [1.54, 1.807) is 24.1 Å². The standard InChI is InChI=1S/C30H41N3O5/c1-22(34)31-19-20-33(28(36)38-29(2,3)4)24-15-17-30(18-16-24,23-11-7-6-8-12-23)21-32-27(35)25-13-9-10-14-26(25)37-5/h6-14,24H,15-21H2,1-5H3,(H,31,34)(H,32,35)/t24-,30+. The van der Waals surface area contributed by atoms with Gasteiger partial charge in [0.1, 0.15) is 11.4 Å². The average Bonchev–Trinajstić information content (AvgIpc) is 2.89. The largest absolute Gasteiger partial charge is 0.496 e. The summed E-state index contributed by atoms with van der Waals surface area (Å²) in [5.41, 5.74) is 0.781. The number of ether oxygens (including phenoxy) is 2. The predicted octanol–water partition coefficient (Wildman–Crippen LogP) is 4.68. The van der Waals surface area contributed by atoms with Crippen LogP contribution >= 0.6 is 0 Å². The molecule has 2 aromatic rings. The number of para-hydroxylation sites is 1. The molecule has 8 nitrogen and oxygen atoms in total. The quantitative estimate of drug-likeness (QED) is 0.498. The Bertz CT molecular complexity index is 1090. The number of benzene rings is 2. The molecule has 1 saturated carbocycles. The average molecular weight is 524 g/mol. The van der Waals surface area contributed by atoms with E-state index in [0.717, 1.165) is 25.7 Å². The van der Waals surface area contributed by atoms with Crippen molar-refractivity contribution in [3.05, 3.63) is 65.7 Å². The molecule has 0 saturated heterocycles. The van der Waals surface area contributed by atoms with Crippen molar-refractivity contribution in [1.29, 1.82) is 0 Å². The molecule has 0 heterocycles. The van der Waals surface area contributed by atoms with Gasteiger partial charge in [-0.25, -0.2) is 4.79 Å². The first-order chi connectivity index (χ1) is 18.0. The summed E-state index contributed by atoms with van der Waals surface area (Å²) in [5.74, 6) is 0.229. The van der Waals surface area contributed by atoms with Crippen LogP contribution in [0.3, 0.4) is 0 Å². The van der Waals surface area contributed by atoms with Gasteiger partial charge in [0.2, 0.25) is 5.91 Å². The Morgan fingerprint density at radius 3 is 2.21 bits per heavy atom. The molecule has 1 fully saturated rings. The van der Waals surface area contributed by atoms with Crippen LogP contribution in [0.15, 0.2) is 54.6 Å². The van der Waals surface area contributed by atoms with Crippen LogP contribution in [0.5, 0.6) is 5.75 Å². The van der Waals surface area contributed by atoms with Gasteiger partial charge < -0.3 is 25.0 Å². The van der Waals surface area contributed by atoms with E-state index in [4.69, 9.17) is 9.47 Å². The highest BCUT2D eigenvalue weighted by molar-refractivity contribution is 5.97. The molecular weight excluding hydrogens is 482 g/mol. The zero-order valence-electron chi connectivity index (χ0n) is 23.2. The Labute approximate surface area is 226 Å². The maximum atomic E-state index is 13.1. The van der Waals surface area contributed by atoms with E-state index in [2.05, 4.69) is 22.8 Å². The molecule has 2 N–H and O–H groups in total. The first-order valence-electron chi connectivity index (χ1n) is 13.3. The second-order valence-electron chi connectivity index (χ2n) is 10.9.